The minimum absolute atomic E-state index is 0.0776. The highest BCUT2D eigenvalue weighted by Crippen LogP contribution is 2.32. The van der Waals surface area contributed by atoms with E-state index in [0.717, 1.165) is 16.1 Å². The van der Waals surface area contributed by atoms with Gasteiger partial charge in [-0.25, -0.2) is 8.42 Å². The summed E-state index contributed by atoms with van der Waals surface area (Å²) in [6.45, 7) is 2.93. The van der Waals surface area contributed by atoms with E-state index in [0.29, 0.717) is 27.8 Å². The second-order valence-corrected chi connectivity index (χ2v) is 10.4. The van der Waals surface area contributed by atoms with Crippen molar-refractivity contribution in [2.75, 3.05) is 31.3 Å². The van der Waals surface area contributed by atoms with Crippen molar-refractivity contribution >= 4 is 50.7 Å². The normalized spacial score (nSPS) is 12.1. The Kier molecular flexibility index (Phi) is 9.61. The Hall–Kier alpha value is -2.49. The Bertz CT molecular complexity index is 1140. The van der Waals surface area contributed by atoms with Crippen LogP contribution in [0.4, 0.5) is 5.69 Å². The van der Waals surface area contributed by atoms with Crippen molar-refractivity contribution in [2.24, 2.45) is 0 Å². The zero-order valence-electron chi connectivity index (χ0n) is 19.8. The number of hydrogen-bond acceptors (Lipinski definition) is 5. The second-order valence-electron chi connectivity index (χ2n) is 7.71. The maximum absolute atomic E-state index is 13.6. The number of carbonyl (C=O) groups excluding carboxylic acids is 2. The molecule has 0 saturated carbocycles. The van der Waals surface area contributed by atoms with Gasteiger partial charge in [-0.3, -0.25) is 13.9 Å². The van der Waals surface area contributed by atoms with Crippen LogP contribution in [0.1, 0.15) is 24.5 Å². The molecule has 0 saturated heterocycles. The van der Waals surface area contributed by atoms with E-state index in [4.69, 9.17) is 27.9 Å². The SMILES string of the molecule is CC[C@@H](C(=O)NC)N(Cc1c(Cl)cccc1Cl)C(=O)CN(c1cc(C)ccc1OC)S(C)(=O)=O. The zero-order chi connectivity index (χ0) is 25.6. The van der Waals surface area contributed by atoms with Gasteiger partial charge in [0, 0.05) is 29.2 Å². The van der Waals surface area contributed by atoms with Crippen molar-refractivity contribution in [3.63, 3.8) is 0 Å². The van der Waals surface area contributed by atoms with Gasteiger partial charge in [-0.05, 0) is 43.2 Å². The van der Waals surface area contributed by atoms with Crippen LogP contribution in [0.25, 0.3) is 0 Å². The van der Waals surface area contributed by atoms with Gasteiger partial charge in [-0.15, -0.1) is 0 Å². The highest BCUT2D eigenvalue weighted by atomic mass is 35.5. The molecule has 0 bridgehead atoms. The molecule has 0 unspecified atom stereocenters. The molecule has 0 aliphatic carbocycles. The Balaban J connectivity index is 2.56. The first-order chi connectivity index (χ1) is 15.9. The summed E-state index contributed by atoms with van der Waals surface area (Å²) in [4.78, 5) is 27.5. The molecule has 0 spiro atoms. The lowest BCUT2D eigenvalue weighted by atomic mass is 10.1. The zero-order valence-corrected chi connectivity index (χ0v) is 22.1. The summed E-state index contributed by atoms with van der Waals surface area (Å²) < 4.78 is 31.8. The molecule has 2 aromatic carbocycles. The third kappa shape index (κ3) is 6.55. The number of benzene rings is 2. The fourth-order valence-corrected chi connectivity index (χ4v) is 4.89. The molecule has 0 aromatic heterocycles. The van der Waals surface area contributed by atoms with Crippen LogP contribution in [-0.4, -0.2) is 58.1 Å². The van der Waals surface area contributed by atoms with Crippen LogP contribution in [0.15, 0.2) is 36.4 Å². The number of carbonyl (C=O) groups is 2. The largest absolute Gasteiger partial charge is 0.495 e. The van der Waals surface area contributed by atoms with E-state index in [2.05, 4.69) is 5.32 Å². The lowest BCUT2D eigenvalue weighted by Crippen LogP contribution is -2.51. The topological polar surface area (TPSA) is 96.0 Å². The van der Waals surface area contributed by atoms with Crippen molar-refractivity contribution in [2.45, 2.75) is 32.9 Å². The maximum Gasteiger partial charge on any atom is 0.244 e. The fourth-order valence-electron chi connectivity index (χ4n) is 3.53. The molecule has 34 heavy (non-hydrogen) atoms. The number of methoxy groups -OCH3 is 1. The van der Waals surface area contributed by atoms with Gasteiger partial charge in [-0.1, -0.05) is 42.3 Å². The molecule has 11 heteroatoms. The van der Waals surface area contributed by atoms with Gasteiger partial charge < -0.3 is 15.0 Å². The number of amides is 2. The van der Waals surface area contributed by atoms with Gasteiger partial charge >= 0.3 is 0 Å². The summed E-state index contributed by atoms with van der Waals surface area (Å²) >= 11 is 12.7. The van der Waals surface area contributed by atoms with Crippen molar-refractivity contribution < 1.29 is 22.7 Å². The number of aryl methyl sites for hydroxylation is 1. The molecule has 2 amide bonds. The Morgan fingerprint density at radius 3 is 2.26 bits per heavy atom. The molecule has 0 fully saturated rings. The lowest BCUT2D eigenvalue weighted by Gasteiger charge is -2.33. The van der Waals surface area contributed by atoms with E-state index in [1.54, 1.807) is 50.2 Å². The van der Waals surface area contributed by atoms with E-state index in [1.165, 1.54) is 19.1 Å². The Morgan fingerprint density at radius 1 is 1.15 bits per heavy atom. The van der Waals surface area contributed by atoms with E-state index in [9.17, 15) is 18.0 Å². The van der Waals surface area contributed by atoms with E-state index >= 15 is 0 Å². The summed E-state index contributed by atoms with van der Waals surface area (Å²) in [5.41, 5.74) is 1.47. The van der Waals surface area contributed by atoms with Gasteiger partial charge in [0.2, 0.25) is 21.8 Å². The minimum Gasteiger partial charge on any atom is -0.495 e. The fraction of sp³-hybridized carbons (Fsp3) is 0.391. The summed E-state index contributed by atoms with van der Waals surface area (Å²) in [6.07, 6.45) is 1.30. The van der Waals surface area contributed by atoms with Crippen LogP contribution in [0.3, 0.4) is 0 Å². The van der Waals surface area contributed by atoms with Crippen LogP contribution in [-0.2, 0) is 26.2 Å². The first kappa shape index (κ1) is 27.8. The van der Waals surface area contributed by atoms with E-state index in [1.807, 2.05) is 0 Å². The van der Waals surface area contributed by atoms with Crippen LogP contribution < -0.4 is 14.4 Å². The average molecular weight is 530 g/mol. The number of halogens is 2. The smallest absolute Gasteiger partial charge is 0.244 e. The van der Waals surface area contributed by atoms with Gasteiger partial charge in [0.25, 0.3) is 0 Å². The summed E-state index contributed by atoms with van der Waals surface area (Å²) in [5, 5.41) is 3.22. The predicted molar refractivity (Wildman–Crippen MR) is 135 cm³/mol. The number of hydrogen-bond donors (Lipinski definition) is 1. The van der Waals surface area contributed by atoms with E-state index < -0.39 is 34.4 Å². The first-order valence-electron chi connectivity index (χ1n) is 10.5. The van der Waals surface area contributed by atoms with Crippen molar-refractivity contribution in [3.05, 3.63) is 57.6 Å². The van der Waals surface area contributed by atoms with Gasteiger partial charge in [-0.2, -0.15) is 0 Å². The standard InChI is InChI=1S/C23H29Cl2N3O5S/c1-6-19(23(30)26-3)27(13-16-17(24)8-7-9-18(16)25)22(29)14-28(34(5,31)32)20-12-15(2)10-11-21(20)33-4/h7-12,19H,6,13-14H2,1-5H3,(H,26,30)/t19-/m0/s1. The monoisotopic (exact) mass is 529 g/mol. The lowest BCUT2D eigenvalue weighted by molar-refractivity contribution is -0.140. The molecule has 0 aliphatic rings. The molecule has 186 valence electrons. The number of sulfonamides is 1. The maximum atomic E-state index is 13.6. The number of ether oxygens (including phenoxy) is 1. The highest BCUT2D eigenvalue weighted by Gasteiger charge is 2.33. The number of rotatable bonds is 10. The molecule has 2 aromatic rings. The molecule has 0 heterocycles. The number of likely N-dealkylation sites (N-methyl/N-ethyl adjacent to an activating group) is 1. The van der Waals surface area contributed by atoms with Crippen LogP contribution in [0, 0.1) is 6.92 Å². The third-order valence-corrected chi connectivity index (χ3v) is 7.14. The summed E-state index contributed by atoms with van der Waals surface area (Å²) in [7, 11) is -1.00. The first-order valence-corrected chi connectivity index (χ1v) is 13.1. The molecule has 1 atom stereocenters. The highest BCUT2D eigenvalue weighted by molar-refractivity contribution is 7.92. The Morgan fingerprint density at radius 2 is 1.76 bits per heavy atom. The van der Waals surface area contributed by atoms with E-state index in [-0.39, 0.29) is 12.2 Å². The second kappa shape index (κ2) is 11.8. The van der Waals surface area contributed by atoms with Crippen LogP contribution >= 0.6 is 23.2 Å². The van der Waals surface area contributed by atoms with Crippen molar-refractivity contribution in [1.29, 1.82) is 0 Å². The van der Waals surface area contributed by atoms with Gasteiger partial charge in [0.15, 0.2) is 0 Å². The predicted octanol–water partition coefficient (Wildman–Crippen LogP) is 3.63. The Labute approximate surface area is 210 Å². The number of nitrogens with zero attached hydrogens (tertiary/aromatic N) is 2. The average Bonchev–Trinajstić information content (AvgIpc) is 2.77. The quantitative estimate of drug-likeness (QED) is 0.506. The molecular formula is C23H29Cl2N3O5S. The van der Waals surface area contributed by atoms with Crippen LogP contribution in [0.2, 0.25) is 10.0 Å². The molecule has 0 radical (unpaired) electrons. The summed E-state index contributed by atoms with van der Waals surface area (Å²) in [6, 6.07) is 9.10. The molecule has 2 rings (SSSR count). The minimum atomic E-state index is -3.89. The molecule has 1 N–H and O–H groups in total. The van der Waals surface area contributed by atoms with Gasteiger partial charge in [0.1, 0.15) is 18.3 Å². The summed E-state index contributed by atoms with van der Waals surface area (Å²) in [5.74, 6) is -0.693. The third-order valence-electron chi connectivity index (χ3n) is 5.30. The van der Waals surface area contributed by atoms with Crippen LogP contribution in [0.5, 0.6) is 5.75 Å². The molecular weight excluding hydrogens is 501 g/mol. The van der Waals surface area contributed by atoms with Crippen molar-refractivity contribution in [3.8, 4) is 5.75 Å². The van der Waals surface area contributed by atoms with Gasteiger partial charge in [0.05, 0.1) is 19.1 Å². The number of anilines is 1. The number of nitrogens with one attached hydrogen (secondary N) is 1. The van der Waals surface area contributed by atoms with Crippen molar-refractivity contribution in [1.82, 2.24) is 10.2 Å². The molecule has 8 nitrogen and oxygen atoms in total. The molecule has 0 aliphatic heterocycles.